The molecule has 2 N–H and O–H groups in total. The summed E-state index contributed by atoms with van der Waals surface area (Å²) in [5.41, 5.74) is 8.79. The van der Waals surface area contributed by atoms with Gasteiger partial charge in [0.15, 0.2) is 0 Å². The van der Waals surface area contributed by atoms with Crippen molar-refractivity contribution in [2.75, 3.05) is 17.2 Å². The molecule has 1 aliphatic rings. The molecule has 0 fully saturated rings. The Bertz CT molecular complexity index is 503. The highest BCUT2D eigenvalue weighted by atomic mass is 16.2. The van der Waals surface area contributed by atoms with Crippen LogP contribution in [0.25, 0.3) is 0 Å². The minimum Gasteiger partial charge on any atom is -0.398 e. The Balaban J connectivity index is 2.27. The number of benzene rings is 1. The highest BCUT2D eigenvalue weighted by Gasteiger charge is 2.21. The lowest BCUT2D eigenvalue weighted by molar-refractivity contribution is -0.114. The molecule has 94 valence electrons. The summed E-state index contributed by atoms with van der Waals surface area (Å²) in [4.78, 5) is 13.9. The van der Waals surface area contributed by atoms with Crippen LogP contribution in [0.4, 0.5) is 11.4 Å². The first-order valence-electron chi connectivity index (χ1n) is 6.22. The maximum atomic E-state index is 12.1. The van der Waals surface area contributed by atoms with Crippen molar-refractivity contribution in [2.45, 2.75) is 19.8 Å². The third-order valence-corrected chi connectivity index (χ3v) is 3.10. The van der Waals surface area contributed by atoms with Gasteiger partial charge in [-0.1, -0.05) is 24.3 Å². The molecular formula is C15H18N2O. The number of allylic oxidation sites excluding steroid dienone is 3. The third kappa shape index (κ3) is 2.45. The van der Waals surface area contributed by atoms with Crippen molar-refractivity contribution in [3.8, 4) is 0 Å². The van der Waals surface area contributed by atoms with Crippen LogP contribution in [0.2, 0.25) is 0 Å². The Kier molecular flexibility index (Phi) is 3.82. The number of fused-ring (bicyclic) bond motifs is 1. The Morgan fingerprint density at radius 2 is 2.22 bits per heavy atom. The number of hydrogen-bond donors (Lipinski definition) is 1. The van der Waals surface area contributed by atoms with E-state index >= 15 is 0 Å². The zero-order chi connectivity index (χ0) is 13.0. The first-order chi connectivity index (χ1) is 8.74. The van der Waals surface area contributed by atoms with Crippen LogP contribution in [0.3, 0.4) is 0 Å². The Labute approximate surface area is 108 Å². The zero-order valence-corrected chi connectivity index (χ0v) is 10.6. The number of nitrogens with two attached hydrogens (primary N) is 1. The van der Waals surface area contributed by atoms with Crippen LogP contribution in [-0.2, 0) is 11.2 Å². The molecule has 2 rings (SSSR count). The molecule has 1 aromatic carbocycles. The molecule has 1 aromatic rings. The largest absolute Gasteiger partial charge is 0.398 e. The van der Waals surface area contributed by atoms with Crippen molar-refractivity contribution < 1.29 is 4.79 Å². The van der Waals surface area contributed by atoms with E-state index in [2.05, 4.69) is 0 Å². The molecule has 0 unspecified atom stereocenters. The van der Waals surface area contributed by atoms with Crippen molar-refractivity contribution in [1.82, 2.24) is 0 Å². The number of carbonyl (C=O) groups excluding carboxylic acids is 1. The molecule has 0 saturated carbocycles. The van der Waals surface area contributed by atoms with E-state index in [-0.39, 0.29) is 5.91 Å². The van der Waals surface area contributed by atoms with E-state index in [0.717, 1.165) is 36.3 Å². The fourth-order valence-electron chi connectivity index (χ4n) is 2.22. The fourth-order valence-corrected chi connectivity index (χ4v) is 2.22. The number of amides is 1. The van der Waals surface area contributed by atoms with Gasteiger partial charge in [0, 0.05) is 24.0 Å². The van der Waals surface area contributed by atoms with Gasteiger partial charge in [-0.25, -0.2) is 0 Å². The van der Waals surface area contributed by atoms with Crippen LogP contribution < -0.4 is 10.6 Å². The summed E-state index contributed by atoms with van der Waals surface area (Å²) in [6, 6.07) is 5.75. The standard InChI is InChI=1S/C15H18N2O/c1-2-3-4-10-15(18)17-11-6-7-12-13(16)8-5-9-14(12)17/h2-5,8-10H,6-7,11,16H2,1H3/b3-2+,10-4?. The molecule has 0 aliphatic carbocycles. The maximum Gasteiger partial charge on any atom is 0.250 e. The Morgan fingerprint density at radius 1 is 1.39 bits per heavy atom. The van der Waals surface area contributed by atoms with Crippen molar-refractivity contribution in [1.29, 1.82) is 0 Å². The van der Waals surface area contributed by atoms with E-state index in [1.165, 1.54) is 0 Å². The molecule has 18 heavy (non-hydrogen) atoms. The van der Waals surface area contributed by atoms with Gasteiger partial charge in [0.2, 0.25) is 0 Å². The van der Waals surface area contributed by atoms with E-state index in [4.69, 9.17) is 5.73 Å². The number of carbonyl (C=O) groups is 1. The molecule has 3 nitrogen and oxygen atoms in total. The molecule has 0 spiro atoms. The topological polar surface area (TPSA) is 46.3 Å². The molecule has 0 atom stereocenters. The fraction of sp³-hybridized carbons (Fsp3) is 0.267. The lowest BCUT2D eigenvalue weighted by Gasteiger charge is -2.29. The van der Waals surface area contributed by atoms with Gasteiger partial charge in [-0.2, -0.15) is 0 Å². The predicted molar refractivity (Wildman–Crippen MR) is 75.5 cm³/mol. The SMILES string of the molecule is C/C=C/C=CC(=O)N1CCCc2c(N)cccc21. The molecule has 0 bridgehead atoms. The van der Waals surface area contributed by atoms with Crippen molar-refractivity contribution in [2.24, 2.45) is 0 Å². The number of nitrogen functional groups attached to an aromatic ring is 1. The average Bonchev–Trinajstić information content (AvgIpc) is 2.39. The second-order valence-electron chi connectivity index (χ2n) is 4.32. The van der Waals surface area contributed by atoms with Crippen LogP contribution in [0.5, 0.6) is 0 Å². The zero-order valence-electron chi connectivity index (χ0n) is 10.6. The minimum absolute atomic E-state index is 0.0136. The second-order valence-corrected chi connectivity index (χ2v) is 4.32. The van der Waals surface area contributed by atoms with Crippen molar-refractivity contribution in [3.63, 3.8) is 0 Å². The summed E-state index contributed by atoms with van der Waals surface area (Å²) in [6.45, 7) is 2.68. The normalized spacial score (nSPS) is 15.3. The monoisotopic (exact) mass is 242 g/mol. The summed E-state index contributed by atoms with van der Waals surface area (Å²) in [7, 11) is 0. The van der Waals surface area contributed by atoms with E-state index in [1.54, 1.807) is 17.1 Å². The number of anilines is 2. The van der Waals surface area contributed by atoms with Gasteiger partial charge < -0.3 is 10.6 Å². The molecule has 0 aromatic heterocycles. The van der Waals surface area contributed by atoms with Gasteiger partial charge in [0.05, 0.1) is 0 Å². The first-order valence-corrected chi connectivity index (χ1v) is 6.22. The quantitative estimate of drug-likeness (QED) is 0.492. The maximum absolute atomic E-state index is 12.1. The van der Waals surface area contributed by atoms with Crippen LogP contribution in [0.1, 0.15) is 18.9 Å². The summed E-state index contributed by atoms with van der Waals surface area (Å²) in [6.07, 6.45) is 9.02. The molecule has 3 heteroatoms. The van der Waals surface area contributed by atoms with Crippen LogP contribution in [0, 0.1) is 0 Å². The Morgan fingerprint density at radius 3 is 3.00 bits per heavy atom. The van der Waals surface area contributed by atoms with Crippen LogP contribution >= 0.6 is 0 Å². The molecule has 1 heterocycles. The van der Waals surface area contributed by atoms with Crippen molar-refractivity contribution >= 4 is 17.3 Å². The summed E-state index contributed by atoms with van der Waals surface area (Å²) in [5.74, 6) is 0.0136. The van der Waals surface area contributed by atoms with E-state index in [1.807, 2.05) is 37.3 Å². The molecule has 1 aliphatic heterocycles. The number of nitrogens with zero attached hydrogens (tertiary/aromatic N) is 1. The molecule has 1 amide bonds. The third-order valence-electron chi connectivity index (χ3n) is 3.10. The predicted octanol–water partition coefficient (Wildman–Crippen LogP) is 2.68. The number of rotatable bonds is 2. The Hall–Kier alpha value is -2.03. The number of hydrogen-bond acceptors (Lipinski definition) is 2. The highest BCUT2D eigenvalue weighted by molar-refractivity contribution is 6.02. The molecule has 0 radical (unpaired) electrons. The lowest BCUT2D eigenvalue weighted by atomic mass is 10.00. The van der Waals surface area contributed by atoms with Gasteiger partial charge in [-0.05, 0) is 37.5 Å². The summed E-state index contributed by atoms with van der Waals surface area (Å²) >= 11 is 0. The molecular weight excluding hydrogens is 224 g/mol. The van der Waals surface area contributed by atoms with E-state index < -0.39 is 0 Å². The minimum atomic E-state index is 0.0136. The van der Waals surface area contributed by atoms with E-state index in [9.17, 15) is 4.79 Å². The van der Waals surface area contributed by atoms with Crippen LogP contribution in [-0.4, -0.2) is 12.5 Å². The van der Waals surface area contributed by atoms with Gasteiger partial charge in [0.1, 0.15) is 0 Å². The smallest absolute Gasteiger partial charge is 0.250 e. The van der Waals surface area contributed by atoms with Gasteiger partial charge >= 0.3 is 0 Å². The summed E-state index contributed by atoms with van der Waals surface area (Å²) in [5, 5.41) is 0. The van der Waals surface area contributed by atoms with Gasteiger partial charge in [0.25, 0.3) is 5.91 Å². The average molecular weight is 242 g/mol. The van der Waals surface area contributed by atoms with Crippen LogP contribution in [0.15, 0.2) is 42.5 Å². The molecule has 0 saturated heterocycles. The highest BCUT2D eigenvalue weighted by Crippen LogP contribution is 2.31. The summed E-state index contributed by atoms with van der Waals surface area (Å²) < 4.78 is 0. The van der Waals surface area contributed by atoms with E-state index in [0.29, 0.717) is 0 Å². The second kappa shape index (κ2) is 5.54. The first kappa shape index (κ1) is 12.4. The van der Waals surface area contributed by atoms with Crippen molar-refractivity contribution in [3.05, 3.63) is 48.1 Å². The van der Waals surface area contributed by atoms with Gasteiger partial charge in [-0.15, -0.1) is 0 Å². The lowest BCUT2D eigenvalue weighted by Crippen LogP contribution is -2.34. The van der Waals surface area contributed by atoms with Gasteiger partial charge in [-0.3, -0.25) is 4.79 Å².